The van der Waals surface area contributed by atoms with E-state index >= 15 is 0 Å². The zero-order valence-electron chi connectivity index (χ0n) is 10.5. The smallest absolute Gasteiger partial charge is 0.373 e. The summed E-state index contributed by atoms with van der Waals surface area (Å²) in [7, 11) is 0. The molecule has 0 N–H and O–H groups in total. The number of benzene rings is 1. The van der Waals surface area contributed by atoms with Crippen LogP contribution in [-0.2, 0) is 9.78 Å². The van der Waals surface area contributed by atoms with Crippen molar-refractivity contribution in [1.29, 1.82) is 0 Å². The second kappa shape index (κ2) is 6.40. The Hall–Kier alpha value is -1.55. The van der Waals surface area contributed by atoms with Crippen molar-refractivity contribution >= 4 is 5.97 Å². The molecule has 0 spiro atoms. The van der Waals surface area contributed by atoms with Crippen LogP contribution in [0, 0.1) is 6.10 Å². The lowest BCUT2D eigenvalue weighted by Gasteiger charge is -2.08. The molecule has 97 valence electrons. The number of rotatable bonds is 5. The van der Waals surface area contributed by atoms with Crippen molar-refractivity contribution < 1.29 is 19.3 Å². The van der Waals surface area contributed by atoms with Crippen molar-refractivity contribution in [2.75, 3.05) is 6.61 Å². The van der Waals surface area contributed by atoms with E-state index in [1.165, 1.54) is 0 Å². The third kappa shape index (κ3) is 3.47. The molecule has 1 fully saturated rings. The quantitative estimate of drug-likeness (QED) is 0.593. The third-order valence-electron chi connectivity index (χ3n) is 2.78. The van der Waals surface area contributed by atoms with E-state index in [1.807, 2.05) is 6.92 Å². The molecule has 1 aromatic rings. The predicted molar refractivity (Wildman–Crippen MR) is 65.8 cm³/mol. The Morgan fingerprint density at radius 1 is 1.28 bits per heavy atom. The van der Waals surface area contributed by atoms with Crippen LogP contribution in [0.5, 0.6) is 5.75 Å². The first-order valence-electron chi connectivity index (χ1n) is 6.26. The maximum atomic E-state index is 11.7. The van der Waals surface area contributed by atoms with Crippen molar-refractivity contribution in [1.82, 2.24) is 0 Å². The summed E-state index contributed by atoms with van der Waals surface area (Å²) in [5.74, 6) is 0.163. The van der Waals surface area contributed by atoms with Crippen molar-refractivity contribution in [2.24, 2.45) is 0 Å². The molecule has 0 heterocycles. The molecule has 1 radical (unpaired) electrons. The third-order valence-corrected chi connectivity index (χ3v) is 2.78. The Morgan fingerprint density at radius 3 is 2.78 bits per heavy atom. The molecule has 0 aliphatic heterocycles. The van der Waals surface area contributed by atoms with Crippen LogP contribution in [0.4, 0.5) is 0 Å². The molecule has 0 amide bonds. The Kier molecular flexibility index (Phi) is 4.59. The molecule has 4 nitrogen and oxygen atoms in total. The minimum Gasteiger partial charge on any atom is -0.494 e. The molecular formula is C14H17O4. The number of ether oxygens (including phenoxy) is 1. The van der Waals surface area contributed by atoms with Gasteiger partial charge in [-0.1, -0.05) is 18.9 Å². The fraction of sp³-hybridized carbons (Fsp3) is 0.429. The van der Waals surface area contributed by atoms with Gasteiger partial charge >= 0.3 is 5.97 Å². The second-order valence-electron chi connectivity index (χ2n) is 4.16. The topological polar surface area (TPSA) is 44.8 Å². The van der Waals surface area contributed by atoms with Crippen LogP contribution in [0.2, 0.25) is 0 Å². The van der Waals surface area contributed by atoms with Crippen LogP contribution in [-0.4, -0.2) is 12.6 Å². The van der Waals surface area contributed by atoms with Gasteiger partial charge in [0.25, 0.3) is 0 Å². The first-order chi connectivity index (χ1) is 8.79. The van der Waals surface area contributed by atoms with Gasteiger partial charge in [-0.05, 0) is 38.0 Å². The molecule has 0 aromatic heterocycles. The average molecular weight is 249 g/mol. The standard InChI is InChI=1S/C14H17O4/c1-2-16-13-9-5-6-11(10-13)14(15)18-17-12-7-3-4-8-12/h5-6,9-10H,2-4,7-8H2,1H3. The van der Waals surface area contributed by atoms with Crippen LogP contribution < -0.4 is 4.74 Å². The number of hydrogen-bond acceptors (Lipinski definition) is 4. The van der Waals surface area contributed by atoms with Gasteiger partial charge in [-0.3, -0.25) is 4.89 Å². The first kappa shape index (κ1) is 12.9. The van der Waals surface area contributed by atoms with E-state index < -0.39 is 5.97 Å². The molecule has 0 saturated heterocycles. The first-order valence-corrected chi connectivity index (χ1v) is 6.26. The Balaban J connectivity index is 1.89. The molecule has 1 aromatic carbocycles. The molecule has 18 heavy (non-hydrogen) atoms. The average Bonchev–Trinajstić information content (AvgIpc) is 2.90. The van der Waals surface area contributed by atoms with E-state index in [0.29, 0.717) is 17.9 Å². The maximum absolute atomic E-state index is 11.7. The zero-order valence-corrected chi connectivity index (χ0v) is 10.5. The van der Waals surface area contributed by atoms with E-state index in [-0.39, 0.29) is 0 Å². The van der Waals surface area contributed by atoms with Gasteiger partial charge in [0, 0.05) is 0 Å². The highest BCUT2D eigenvalue weighted by Gasteiger charge is 2.20. The van der Waals surface area contributed by atoms with Gasteiger partial charge < -0.3 is 4.74 Å². The summed E-state index contributed by atoms with van der Waals surface area (Å²) in [5, 5.41) is 0. The normalized spacial score (nSPS) is 15.6. The summed E-state index contributed by atoms with van der Waals surface area (Å²) in [6, 6.07) is 6.87. The van der Waals surface area contributed by atoms with Crippen LogP contribution in [0.15, 0.2) is 24.3 Å². The summed E-state index contributed by atoms with van der Waals surface area (Å²) in [6.45, 7) is 2.46. The highest BCUT2D eigenvalue weighted by atomic mass is 17.2. The SMILES string of the molecule is CCOc1cccc(C(=O)OO[C]2CCCC2)c1. The lowest BCUT2D eigenvalue weighted by molar-refractivity contribution is -0.234. The van der Waals surface area contributed by atoms with Gasteiger partial charge in [-0.25, -0.2) is 4.79 Å². The molecule has 1 aliphatic carbocycles. The van der Waals surface area contributed by atoms with E-state index in [0.717, 1.165) is 31.8 Å². The molecule has 1 saturated carbocycles. The summed E-state index contributed by atoms with van der Waals surface area (Å²) in [4.78, 5) is 21.6. The molecule has 4 heteroatoms. The Labute approximate surface area is 107 Å². The summed E-state index contributed by atoms with van der Waals surface area (Å²) in [5.41, 5.74) is 0.430. The Morgan fingerprint density at radius 2 is 2.06 bits per heavy atom. The highest BCUT2D eigenvalue weighted by molar-refractivity contribution is 5.89. The Bertz CT molecular complexity index is 397. The van der Waals surface area contributed by atoms with E-state index in [4.69, 9.17) is 14.5 Å². The van der Waals surface area contributed by atoms with E-state index in [1.54, 1.807) is 24.3 Å². The van der Waals surface area contributed by atoms with Crippen molar-refractivity contribution in [3.63, 3.8) is 0 Å². The summed E-state index contributed by atoms with van der Waals surface area (Å²) >= 11 is 0. The van der Waals surface area contributed by atoms with E-state index in [2.05, 4.69) is 0 Å². The fourth-order valence-electron chi connectivity index (χ4n) is 1.88. The largest absolute Gasteiger partial charge is 0.494 e. The van der Waals surface area contributed by atoms with Crippen LogP contribution >= 0.6 is 0 Å². The second-order valence-corrected chi connectivity index (χ2v) is 4.16. The minimum atomic E-state index is -0.490. The van der Waals surface area contributed by atoms with Gasteiger partial charge in [0.1, 0.15) is 11.9 Å². The number of carbonyl (C=O) groups excluding carboxylic acids is 1. The summed E-state index contributed by atoms with van der Waals surface area (Å²) < 4.78 is 5.32. The van der Waals surface area contributed by atoms with E-state index in [9.17, 15) is 4.79 Å². The highest BCUT2D eigenvalue weighted by Crippen LogP contribution is 2.28. The molecular weight excluding hydrogens is 232 g/mol. The number of hydrogen-bond donors (Lipinski definition) is 0. The van der Waals surface area contributed by atoms with Crippen molar-refractivity contribution in [3.8, 4) is 5.75 Å². The van der Waals surface area contributed by atoms with Gasteiger partial charge in [0.2, 0.25) is 0 Å². The maximum Gasteiger partial charge on any atom is 0.373 e. The van der Waals surface area contributed by atoms with Crippen LogP contribution in [0.1, 0.15) is 43.0 Å². The molecule has 0 unspecified atom stereocenters. The minimum absolute atomic E-state index is 0.430. The monoisotopic (exact) mass is 249 g/mol. The zero-order chi connectivity index (χ0) is 12.8. The molecule has 2 rings (SSSR count). The fourth-order valence-corrected chi connectivity index (χ4v) is 1.88. The van der Waals surface area contributed by atoms with Gasteiger partial charge in [0.05, 0.1) is 12.2 Å². The molecule has 0 atom stereocenters. The van der Waals surface area contributed by atoms with Crippen molar-refractivity contribution in [3.05, 3.63) is 35.9 Å². The predicted octanol–water partition coefficient (Wildman–Crippen LogP) is 3.28. The summed E-state index contributed by atoms with van der Waals surface area (Å²) in [6.07, 6.45) is 4.82. The molecule has 0 bridgehead atoms. The van der Waals surface area contributed by atoms with Gasteiger partial charge in [0.15, 0.2) is 0 Å². The number of carbonyl (C=O) groups is 1. The van der Waals surface area contributed by atoms with Crippen LogP contribution in [0.3, 0.4) is 0 Å². The van der Waals surface area contributed by atoms with Crippen molar-refractivity contribution in [2.45, 2.75) is 32.6 Å². The van der Waals surface area contributed by atoms with Gasteiger partial charge in [-0.2, -0.15) is 4.89 Å². The van der Waals surface area contributed by atoms with Crippen LogP contribution in [0.25, 0.3) is 0 Å². The lowest BCUT2D eigenvalue weighted by atomic mass is 10.2. The van der Waals surface area contributed by atoms with Gasteiger partial charge in [-0.15, -0.1) is 0 Å². The molecule has 1 aliphatic rings. The lowest BCUT2D eigenvalue weighted by Crippen LogP contribution is -2.08.